The van der Waals surface area contributed by atoms with Gasteiger partial charge in [-0.05, 0) is 77.9 Å². The Labute approximate surface area is 277 Å². The van der Waals surface area contributed by atoms with Crippen LogP contribution in [0.5, 0.6) is 17.2 Å². The van der Waals surface area contributed by atoms with E-state index < -0.39 is 25.8 Å². The van der Waals surface area contributed by atoms with Crippen molar-refractivity contribution in [3.8, 4) is 17.2 Å². The number of anilines is 1. The molecule has 1 aromatic heterocycles. The predicted molar refractivity (Wildman–Crippen MR) is 173 cm³/mol. The van der Waals surface area contributed by atoms with Crippen molar-refractivity contribution in [2.24, 2.45) is 0 Å². The van der Waals surface area contributed by atoms with E-state index in [0.29, 0.717) is 22.4 Å². The summed E-state index contributed by atoms with van der Waals surface area (Å²) in [6, 6.07) is 10.8. The lowest BCUT2D eigenvalue weighted by atomic mass is 10.2. The Morgan fingerprint density at radius 1 is 0.766 bits per heavy atom. The third-order valence-electron chi connectivity index (χ3n) is 5.35. The van der Waals surface area contributed by atoms with Gasteiger partial charge in [-0.15, -0.1) is 11.3 Å². The smallest absolute Gasteiger partial charge is 0.491 e. The zero-order chi connectivity index (χ0) is 34.4. The van der Waals surface area contributed by atoms with E-state index in [0.717, 1.165) is 0 Å². The van der Waals surface area contributed by atoms with Crippen LogP contribution in [-0.2, 0) is 32.6 Å². The molecule has 3 rings (SSSR count). The number of benzene rings is 2. The molecule has 14 nitrogen and oxygen atoms in total. The maximum Gasteiger partial charge on any atom is 0.508 e. The molecule has 1 N–H and O–H groups in total. The number of hydrogen-bond donors (Lipinski definition) is 1. The minimum atomic E-state index is -4.02. The van der Waals surface area contributed by atoms with Gasteiger partial charge in [0.05, 0.1) is 36.8 Å². The van der Waals surface area contributed by atoms with Crippen LogP contribution in [0.25, 0.3) is 0 Å². The molecule has 0 aliphatic carbocycles. The molecule has 256 valence electrons. The molecule has 0 aliphatic rings. The maximum atomic E-state index is 13.8. The highest BCUT2D eigenvalue weighted by Gasteiger charge is 2.28. The first-order valence-electron chi connectivity index (χ1n) is 14.7. The van der Waals surface area contributed by atoms with E-state index in [9.17, 15) is 18.9 Å². The van der Waals surface area contributed by atoms with E-state index in [4.69, 9.17) is 37.5 Å². The number of carbonyl (C=O) groups is 3. The zero-order valence-electron chi connectivity index (χ0n) is 27.0. The van der Waals surface area contributed by atoms with Gasteiger partial charge in [-0.1, -0.05) is 0 Å². The van der Waals surface area contributed by atoms with Gasteiger partial charge in [0.2, 0.25) is 0 Å². The topological polar surface area (TPSA) is 167 Å². The number of rotatable bonds is 17. The molecule has 0 spiro atoms. The Morgan fingerprint density at radius 2 is 1.34 bits per heavy atom. The molecule has 1 amide bonds. The van der Waals surface area contributed by atoms with Crippen LogP contribution in [0.3, 0.4) is 0 Å². The highest BCUT2D eigenvalue weighted by molar-refractivity contribution is 7.62. The Balaban J connectivity index is 1.74. The SMILES string of the molecule is CC(C)OC(=O)OCCOP(=O)(OCCOC(=O)OC(C)C)c1ccc(Oc2cc(OC(C)C)cc(C(=O)Nc3nccs3)c2)cc1. The molecule has 2 aromatic carbocycles. The Kier molecular flexibility index (Phi) is 14.5. The second-order valence-corrected chi connectivity index (χ2v) is 13.4. The van der Waals surface area contributed by atoms with E-state index in [-0.39, 0.29) is 55.6 Å². The summed E-state index contributed by atoms with van der Waals surface area (Å²) < 4.78 is 56.5. The van der Waals surface area contributed by atoms with Gasteiger partial charge in [-0.2, -0.15) is 0 Å². The summed E-state index contributed by atoms with van der Waals surface area (Å²) in [5.74, 6) is 0.677. The molecular formula is C31H39N2O12PS. The molecule has 1 heterocycles. The van der Waals surface area contributed by atoms with Crippen LogP contribution in [0.4, 0.5) is 14.7 Å². The molecule has 0 radical (unpaired) electrons. The van der Waals surface area contributed by atoms with E-state index in [1.165, 1.54) is 35.6 Å². The number of nitrogens with one attached hydrogen (secondary N) is 1. The first kappa shape index (κ1) is 37.3. The number of nitrogens with zero attached hydrogens (tertiary/aromatic N) is 1. The number of hydrogen-bond acceptors (Lipinski definition) is 14. The molecule has 16 heteroatoms. The summed E-state index contributed by atoms with van der Waals surface area (Å²) in [4.78, 5) is 40.4. The van der Waals surface area contributed by atoms with Gasteiger partial charge < -0.3 is 37.5 Å². The molecule has 0 atom stereocenters. The number of ether oxygens (including phenoxy) is 6. The van der Waals surface area contributed by atoms with Crippen LogP contribution in [0.1, 0.15) is 51.9 Å². The highest BCUT2D eigenvalue weighted by Crippen LogP contribution is 2.47. The quantitative estimate of drug-likeness (QED) is 0.0877. The van der Waals surface area contributed by atoms with Crippen LogP contribution in [0.15, 0.2) is 54.0 Å². The largest absolute Gasteiger partial charge is 0.508 e. The van der Waals surface area contributed by atoms with Crippen LogP contribution < -0.4 is 20.1 Å². The van der Waals surface area contributed by atoms with Crippen LogP contribution in [0, 0.1) is 0 Å². The lowest BCUT2D eigenvalue weighted by Crippen LogP contribution is -2.19. The van der Waals surface area contributed by atoms with Gasteiger partial charge in [0.1, 0.15) is 30.5 Å². The zero-order valence-corrected chi connectivity index (χ0v) is 28.7. The van der Waals surface area contributed by atoms with Crippen LogP contribution >= 0.6 is 18.9 Å². The third-order valence-corrected chi connectivity index (χ3v) is 8.01. The van der Waals surface area contributed by atoms with Crippen molar-refractivity contribution in [1.82, 2.24) is 4.98 Å². The second-order valence-electron chi connectivity index (χ2n) is 10.4. The Hall–Kier alpha value is -4.17. The molecule has 0 saturated heterocycles. The van der Waals surface area contributed by atoms with Crippen LogP contribution in [-0.4, -0.2) is 67.9 Å². The molecular weight excluding hydrogens is 655 g/mol. The lowest BCUT2D eigenvalue weighted by Gasteiger charge is -2.19. The fourth-order valence-corrected chi connectivity index (χ4v) is 5.63. The third kappa shape index (κ3) is 13.2. The number of thiazole rings is 1. The molecule has 0 fully saturated rings. The van der Waals surface area contributed by atoms with Crippen molar-refractivity contribution in [2.75, 3.05) is 31.7 Å². The molecule has 0 saturated carbocycles. The maximum absolute atomic E-state index is 13.8. The summed E-state index contributed by atoms with van der Waals surface area (Å²) in [7, 11) is -4.02. The van der Waals surface area contributed by atoms with Crippen molar-refractivity contribution in [1.29, 1.82) is 0 Å². The van der Waals surface area contributed by atoms with Gasteiger partial charge in [0.25, 0.3) is 5.91 Å². The number of aromatic nitrogens is 1. The normalized spacial score (nSPS) is 11.3. The Bertz CT molecular complexity index is 1460. The monoisotopic (exact) mass is 694 g/mol. The first-order chi connectivity index (χ1) is 22.3. The summed E-state index contributed by atoms with van der Waals surface area (Å²) in [6.07, 6.45) is -1.13. The van der Waals surface area contributed by atoms with Crippen LogP contribution in [0.2, 0.25) is 0 Å². The van der Waals surface area contributed by atoms with Crippen molar-refractivity contribution in [3.63, 3.8) is 0 Å². The predicted octanol–water partition coefficient (Wildman–Crippen LogP) is 6.95. The fraction of sp³-hybridized carbons (Fsp3) is 0.419. The summed E-state index contributed by atoms with van der Waals surface area (Å²) in [6.45, 7) is 9.30. The summed E-state index contributed by atoms with van der Waals surface area (Å²) in [5.41, 5.74) is 0.287. The standard InChI is InChI=1S/C31H39N2O12PS/c1-20(2)42-25-17-23(28(34)33-29-32-11-16-47-29)18-26(19-25)45-24-7-9-27(10-8-24)46(37,40-14-12-38-30(35)43-21(3)4)41-15-13-39-31(36)44-22(5)6/h7-11,16-22H,12-15H2,1-6H3,(H,32,33,34). The van der Waals surface area contributed by atoms with Gasteiger partial charge in [-0.25, -0.2) is 14.6 Å². The first-order valence-corrected chi connectivity index (χ1v) is 17.1. The van der Waals surface area contributed by atoms with E-state index in [2.05, 4.69) is 10.3 Å². The minimum Gasteiger partial charge on any atom is -0.491 e. The minimum absolute atomic E-state index is 0.153. The second kappa shape index (κ2) is 18.2. The van der Waals surface area contributed by atoms with Crippen molar-refractivity contribution in [3.05, 3.63) is 59.6 Å². The number of amides is 1. The lowest BCUT2D eigenvalue weighted by molar-refractivity contribution is 0.0223. The Morgan fingerprint density at radius 3 is 1.85 bits per heavy atom. The van der Waals surface area contributed by atoms with Gasteiger partial charge in [0.15, 0.2) is 5.13 Å². The van der Waals surface area contributed by atoms with Crippen molar-refractivity contribution < 1.29 is 56.4 Å². The molecule has 0 unspecified atom stereocenters. The average molecular weight is 695 g/mol. The molecule has 0 aliphatic heterocycles. The highest BCUT2D eigenvalue weighted by atomic mass is 32.1. The van der Waals surface area contributed by atoms with E-state index >= 15 is 0 Å². The molecule has 3 aromatic rings. The average Bonchev–Trinajstić information content (AvgIpc) is 3.50. The van der Waals surface area contributed by atoms with Crippen molar-refractivity contribution in [2.45, 2.75) is 59.9 Å². The van der Waals surface area contributed by atoms with Gasteiger partial charge >= 0.3 is 19.9 Å². The molecule has 0 bridgehead atoms. The number of carbonyl (C=O) groups excluding carboxylic acids is 3. The van der Waals surface area contributed by atoms with Gasteiger partial charge in [-0.3, -0.25) is 14.7 Å². The summed E-state index contributed by atoms with van der Waals surface area (Å²) in [5, 5.41) is 5.08. The molecule has 47 heavy (non-hydrogen) atoms. The fourth-order valence-electron chi connectivity index (χ4n) is 3.59. The summed E-state index contributed by atoms with van der Waals surface area (Å²) >= 11 is 1.29. The van der Waals surface area contributed by atoms with E-state index in [1.54, 1.807) is 57.5 Å². The van der Waals surface area contributed by atoms with Crippen molar-refractivity contribution >= 4 is 47.6 Å². The van der Waals surface area contributed by atoms with E-state index in [1.807, 2.05) is 13.8 Å². The van der Waals surface area contributed by atoms with Gasteiger partial charge in [0, 0.05) is 23.2 Å².